The first-order valence-corrected chi connectivity index (χ1v) is 7.61. The zero-order valence-corrected chi connectivity index (χ0v) is 12.1. The number of hydrogen-bond donors (Lipinski definition) is 2. The molecule has 2 heterocycles. The van der Waals surface area contributed by atoms with Gasteiger partial charge in [0.1, 0.15) is 0 Å². The van der Waals surface area contributed by atoms with Crippen molar-refractivity contribution in [2.75, 3.05) is 26.3 Å². The highest BCUT2D eigenvalue weighted by Gasteiger charge is 2.15. The van der Waals surface area contributed by atoms with Gasteiger partial charge in [0.25, 0.3) is 0 Å². The number of nitrogens with one attached hydrogen (secondary N) is 2. The standard InChI is InChI=1S/C13H21N3O2S/c1-10-15-12(9-19-10)2-5-14-8-13(17)16-11-3-6-18-7-4-11/h9,11,14H,2-8H2,1H3,(H,16,17). The highest BCUT2D eigenvalue weighted by molar-refractivity contribution is 7.09. The van der Waals surface area contributed by atoms with Crippen LogP contribution in [0.5, 0.6) is 0 Å². The maximum atomic E-state index is 11.7. The third-order valence-electron chi connectivity index (χ3n) is 3.10. The molecule has 2 N–H and O–H groups in total. The fourth-order valence-corrected chi connectivity index (χ4v) is 2.71. The van der Waals surface area contributed by atoms with Crippen molar-refractivity contribution in [2.45, 2.75) is 32.2 Å². The molecule has 1 aliphatic heterocycles. The van der Waals surface area contributed by atoms with Gasteiger partial charge in [0.15, 0.2) is 0 Å². The molecule has 1 saturated heterocycles. The zero-order valence-electron chi connectivity index (χ0n) is 11.3. The lowest BCUT2D eigenvalue weighted by molar-refractivity contribution is -0.121. The van der Waals surface area contributed by atoms with Crippen molar-refractivity contribution >= 4 is 17.2 Å². The number of thiazole rings is 1. The first-order valence-electron chi connectivity index (χ1n) is 6.73. The van der Waals surface area contributed by atoms with Crippen LogP contribution in [0, 0.1) is 6.92 Å². The summed E-state index contributed by atoms with van der Waals surface area (Å²) in [6, 6.07) is 0.282. The molecule has 1 amide bonds. The van der Waals surface area contributed by atoms with Crippen LogP contribution in [0.25, 0.3) is 0 Å². The SMILES string of the molecule is Cc1nc(CCNCC(=O)NC2CCOCC2)cs1. The third-order valence-corrected chi connectivity index (χ3v) is 3.92. The molecule has 1 aromatic rings. The summed E-state index contributed by atoms with van der Waals surface area (Å²) in [4.78, 5) is 16.1. The molecule has 5 nitrogen and oxygen atoms in total. The van der Waals surface area contributed by atoms with Gasteiger partial charge in [-0.25, -0.2) is 4.98 Å². The predicted octanol–water partition coefficient (Wildman–Crippen LogP) is 0.879. The van der Waals surface area contributed by atoms with Crippen LogP contribution in [0.4, 0.5) is 0 Å². The van der Waals surface area contributed by atoms with E-state index in [1.165, 1.54) is 0 Å². The Morgan fingerprint density at radius 3 is 3.00 bits per heavy atom. The number of aromatic nitrogens is 1. The van der Waals surface area contributed by atoms with E-state index in [0.717, 1.165) is 49.7 Å². The van der Waals surface area contributed by atoms with Crippen molar-refractivity contribution in [1.29, 1.82) is 0 Å². The molecule has 0 unspecified atom stereocenters. The number of ether oxygens (including phenoxy) is 1. The molecular formula is C13H21N3O2S. The Hall–Kier alpha value is -0.980. The van der Waals surface area contributed by atoms with Crippen LogP contribution in [0.15, 0.2) is 5.38 Å². The summed E-state index contributed by atoms with van der Waals surface area (Å²) in [6.45, 7) is 4.66. The second-order valence-corrected chi connectivity index (χ2v) is 5.80. The van der Waals surface area contributed by atoms with E-state index in [0.29, 0.717) is 6.54 Å². The quantitative estimate of drug-likeness (QED) is 0.761. The molecule has 2 rings (SSSR count). The van der Waals surface area contributed by atoms with Gasteiger partial charge in [-0.05, 0) is 19.8 Å². The Bertz CT molecular complexity index is 402. The summed E-state index contributed by atoms with van der Waals surface area (Å²) in [5, 5.41) is 9.34. The average molecular weight is 283 g/mol. The highest BCUT2D eigenvalue weighted by Crippen LogP contribution is 2.07. The van der Waals surface area contributed by atoms with E-state index in [-0.39, 0.29) is 11.9 Å². The Labute approximate surface area is 117 Å². The summed E-state index contributed by atoms with van der Waals surface area (Å²) in [5.41, 5.74) is 1.10. The molecule has 0 aliphatic carbocycles. The van der Waals surface area contributed by atoms with Crippen molar-refractivity contribution in [2.24, 2.45) is 0 Å². The summed E-state index contributed by atoms with van der Waals surface area (Å²) in [6.07, 6.45) is 2.71. The van der Waals surface area contributed by atoms with Gasteiger partial charge in [-0.3, -0.25) is 4.79 Å². The maximum absolute atomic E-state index is 11.7. The lowest BCUT2D eigenvalue weighted by Gasteiger charge is -2.23. The predicted molar refractivity (Wildman–Crippen MR) is 75.4 cm³/mol. The molecule has 1 aromatic heterocycles. The normalized spacial score (nSPS) is 16.5. The van der Waals surface area contributed by atoms with Gasteiger partial charge in [-0.15, -0.1) is 11.3 Å². The van der Waals surface area contributed by atoms with E-state index in [1.807, 2.05) is 6.92 Å². The molecule has 6 heteroatoms. The van der Waals surface area contributed by atoms with Gasteiger partial charge < -0.3 is 15.4 Å². The van der Waals surface area contributed by atoms with Crippen LogP contribution in [0.1, 0.15) is 23.5 Å². The van der Waals surface area contributed by atoms with Crippen LogP contribution in [0.3, 0.4) is 0 Å². The van der Waals surface area contributed by atoms with Crippen LogP contribution >= 0.6 is 11.3 Å². The molecule has 0 aromatic carbocycles. The van der Waals surface area contributed by atoms with Gasteiger partial charge in [0.2, 0.25) is 5.91 Å². The van der Waals surface area contributed by atoms with Crippen molar-refractivity contribution in [3.05, 3.63) is 16.1 Å². The Morgan fingerprint density at radius 2 is 2.32 bits per heavy atom. The van der Waals surface area contributed by atoms with E-state index in [4.69, 9.17) is 4.74 Å². The summed E-state index contributed by atoms with van der Waals surface area (Å²) in [7, 11) is 0. The fourth-order valence-electron chi connectivity index (χ4n) is 2.06. The summed E-state index contributed by atoms with van der Waals surface area (Å²) < 4.78 is 5.26. The van der Waals surface area contributed by atoms with Gasteiger partial charge in [-0.1, -0.05) is 0 Å². The van der Waals surface area contributed by atoms with Crippen LogP contribution in [-0.2, 0) is 16.0 Å². The number of carbonyl (C=O) groups is 1. The molecule has 1 fully saturated rings. The summed E-state index contributed by atoms with van der Waals surface area (Å²) in [5.74, 6) is 0.0707. The lowest BCUT2D eigenvalue weighted by Crippen LogP contribution is -2.43. The largest absolute Gasteiger partial charge is 0.381 e. The average Bonchev–Trinajstić information content (AvgIpc) is 2.82. The van der Waals surface area contributed by atoms with Crippen LogP contribution in [0.2, 0.25) is 0 Å². The molecule has 0 atom stereocenters. The number of hydrogen-bond acceptors (Lipinski definition) is 5. The molecule has 0 bridgehead atoms. The minimum absolute atomic E-state index is 0.0707. The molecule has 0 saturated carbocycles. The second-order valence-electron chi connectivity index (χ2n) is 4.74. The molecule has 0 spiro atoms. The van der Waals surface area contributed by atoms with Crippen molar-refractivity contribution < 1.29 is 9.53 Å². The highest BCUT2D eigenvalue weighted by atomic mass is 32.1. The molecule has 19 heavy (non-hydrogen) atoms. The van der Waals surface area contributed by atoms with Crippen LogP contribution < -0.4 is 10.6 Å². The smallest absolute Gasteiger partial charge is 0.234 e. The van der Waals surface area contributed by atoms with Gasteiger partial charge >= 0.3 is 0 Å². The molecule has 1 aliphatic rings. The molecular weight excluding hydrogens is 262 g/mol. The van der Waals surface area contributed by atoms with E-state index in [2.05, 4.69) is 21.0 Å². The minimum Gasteiger partial charge on any atom is -0.381 e. The Morgan fingerprint density at radius 1 is 1.53 bits per heavy atom. The first-order chi connectivity index (χ1) is 9.24. The van der Waals surface area contributed by atoms with Crippen molar-refractivity contribution in [3.8, 4) is 0 Å². The fraction of sp³-hybridized carbons (Fsp3) is 0.692. The zero-order chi connectivity index (χ0) is 13.5. The number of aryl methyl sites for hydroxylation is 1. The van der Waals surface area contributed by atoms with Crippen molar-refractivity contribution in [1.82, 2.24) is 15.6 Å². The van der Waals surface area contributed by atoms with Gasteiger partial charge in [-0.2, -0.15) is 0 Å². The van der Waals surface area contributed by atoms with E-state index in [1.54, 1.807) is 11.3 Å². The van der Waals surface area contributed by atoms with Crippen LogP contribution in [-0.4, -0.2) is 43.2 Å². The lowest BCUT2D eigenvalue weighted by atomic mass is 10.1. The third kappa shape index (κ3) is 5.26. The summed E-state index contributed by atoms with van der Waals surface area (Å²) >= 11 is 1.66. The monoisotopic (exact) mass is 283 g/mol. The Kier molecular flexibility index (Phi) is 5.75. The number of carbonyl (C=O) groups excluding carboxylic acids is 1. The number of rotatable bonds is 6. The van der Waals surface area contributed by atoms with E-state index >= 15 is 0 Å². The minimum atomic E-state index is 0.0707. The first kappa shape index (κ1) is 14.4. The van der Waals surface area contributed by atoms with E-state index in [9.17, 15) is 4.79 Å². The maximum Gasteiger partial charge on any atom is 0.234 e. The Balaban J connectivity index is 1.56. The molecule has 106 valence electrons. The second kappa shape index (κ2) is 7.57. The topological polar surface area (TPSA) is 63.2 Å². The number of nitrogens with zero attached hydrogens (tertiary/aromatic N) is 1. The van der Waals surface area contributed by atoms with Crippen molar-refractivity contribution in [3.63, 3.8) is 0 Å². The van der Waals surface area contributed by atoms with Gasteiger partial charge in [0.05, 0.1) is 17.2 Å². The van der Waals surface area contributed by atoms with Gasteiger partial charge in [0, 0.05) is 37.6 Å². The number of amides is 1. The van der Waals surface area contributed by atoms with E-state index < -0.39 is 0 Å². The molecule has 0 radical (unpaired) electrons.